The van der Waals surface area contributed by atoms with Gasteiger partial charge >= 0.3 is 5.97 Å². The third-order valence-electron chi connectivity index (χ3n) is 4.29. The van der Waals surface area contributed by atoms with Crippen molar-refractivity contribution in [1.82, 2.24) is 4.90 Å². The van der Waals surface area contributed by atoms with E-state index in [1.54, 1.807) is 17.4 Å². The maximum atomic E-state index is 10.5. The number of aliphatic carboxylic acids is 1. The first kappa shape index (κ1) is 13.8. The first-order valence-electron chi connectivity index (χ1n) is 7.04. The predicted octanol–water partition coefficient (Wildman–Crippen LogP) is 2.33. The smallest absolute Gasteiger partial charge is 0.328 e. The maximum Gasteiger partial charge on any atom is 0.328 e. The van der Waals surface area contributed by atoms with Crippen LogP contribution in [0.15, 0.2) is 17.5 Å². The van der Waals surface area contributed by atoms with E-state index in [-0.39, 0.29) is 6.10 Å². The second kappa shape index (κ2) is 5.68. The molecule has 0 aliphatic carbocycles. The molecule has 3 rings (SSSR count). The highest BCUT2D eigenvalue weighted by molar-refractivity contribution is 7.10. The number of hydrogen-bond acceptors (Lipinski definition) is 4. The van der Waals surface area contributed by atoms with Crippen LogP contribution in [0.3, 0.4) is 0 Å². The second-order valence-corrected chi connectivity index (χ2v) is 6.70. The molecule has 0 radical (unpaired) electrons. The van der Waals surface area contributed by atoms with Crippen molar-refractivity contribution in [2.45, 2.75) is 50.4 Å². The fourth-order valence-electron chi connectivity index (χ4n) is 3.42. The van der Waals surface area contributed by atoms with Crippen molar-refractivity contribution in [3.8, 4) is 0 Å². The predicted molar refractivity (Wildman–Crippen MR) is 78.6 cm³/mol. The Bertz CT molecular complexity index is 511. The van der Waals surface area contributed by atoms with Crippen molar-refractivity contribution in [2.24, 2.45) is 0 Å². The van der Waals surface area contributed by atoms with Crippen LogP contribution >= 0.6 is 11.3 Å². The quantitative estimate of drug-likeness (QED) is 0.837. The summed E-state index contributed by atoms with van der Waals surface area (Å²) in [7, 11) is 0. The highest BCUT2D eigenvalue weighted by Gasteiger charge is 2.39. The summed E-state index contributed by atoms with van der Waals surface area (Å²) in [5.74, 6) is -0.916. The highest BCUT2D eigenvalue weighted by Crippen LogP contribution is 2.37. The van der Waals surface area contributed by atoms with Crippen LogP contribution in [-0.4, -0.2) is 39.3 Å². The molecule has 2 atom stereocenters. The maximum absolute atomic E-state index is 10.5. The van der Waals surface area contributed by atoms with E-state index in [2.05, 4.69) is 11.0 Å². The van der Waals surface area contributed by atoms with E-state index < -0.39 is 5.97 Å². The van der Waals surface area contributed by atoms with Crippen LogP contribution in [0.25, 0.3) is 6.08 Å². The van der Waals surface area contributed by atoms with Gasteiger partial charge in [0.25, 0.3) is 0 Å². The molecule has 1 aromatic heterocycles. The van der Waals surface area contributed by atoms with Gasteiger partial charge in [0.05, 0.1) is 6.10 Å². The molecule has 0 amide bonds. The Hall–Kier alpha value is -1.17. The number of thiophene rings is 1. The van der Waals surface area contributed by atoms with E-state index in [0.29, 0.717) is 12.1 Å². The molecule has 5 heteroatoms. The standard InChI is InChI=1S/C15H19NO3S/c17-13-6-11-2-3-12(7-13)16(11)8-14-5-10(9-20-14)1-4-15(18)19/h1,4-5,9,11-13,17H,2-3,6-8H2,(H,18,19). The Morgan fingerprint density at radius 3 is 2.75 bits per heavy atom. The molecule has 2 aliphatic rings. The monoisotopic (exact) mass is 293 g/mol. The van der Waals surface area contributed by atoms with Gasteiger partial charge in [-0.25, -0.2) is 4.79 Å². The van der Waals surface area contributed by atoms with Gasteiger partial charge < -0.3 is 10.2 Å². The molecule has 0 saturated carbocycles. The minimum absolute atomic E-state index is 0.124. The summed E-state index contributed by atoms with van der Waals surface area (Å²) in [5, 5.41) is 20.4. The Balaban J connectivity index is 1.65. The SMILES string of the molecule is O=C(O)C=Cc1csc(CN2C3CCC2CC(O)C3)c1. The minimum atomic E-state index is -0.916. The lowest BCUT2D eigenvalue weighted by Gasteiger charge is -2.36. The molecule has 2 bridgehead atoms. The van der Waals surface area contributed by atoms with E-state index in [9.17, 15) is 9.90 Å². The van der Waals surface area contributed by atoms with Crippen molar-refractivity contribution < 1.29 is 15.0 Å². The summed E-state index contributed by atoms with van der Waals surface area (Å²) in [6.07, 6.45) is 6.86. The zero-order valence-corrected chi connectivity index (χ0v) is 12.1. The van der Waals surface area contributed by atoms with Crippen molar-refractivity contribution in [3.63, 3.8) is 0 Å². The van der Waals surface area contributed by atoms with E-state index in [1.165, 1.54) is 23.8 Å². The summed E-state index contributed by atoms with van der Waals surface area (Å²) in [6, 6.07) is 3.10. The molecule has 2 aliphatic heterocycles. The molecule has 20 heavy (non-hydrogen) atoms. The van der Waals surface area contributed by atoms with Gasteiger partial charge in [-0.15, -0.1) is 11.3 Å². The van der Waals surface area contributed by atoms with Gasteiger partial charge in [0.15, 0.2) is 0 Å². The number of carboxylic acids is 1. The molecule has 0 aromatic carbocycles. The number of fused-ring (bicyclic) bond motifs is 2. The van der Waals surface area contributed by atoms with Crippen LogP contribution in [-0.2, 0) is 11.3 Å². The minimum Gasteiger partial charge on any atom is -0.478 e. The number of carbonyl (C=O) groups is 1. The van der Waals surface area contributed by atoms with Gasteiger partial charge in [-0.1, -0.05) is 0 Å². The lowest BCUT2D eigenvalue weighted by atomic mass is 10.00. The van der Waals surface area contributed by atoms with Gasteiger partial charge in [-0.2, -0.15) is 0 Å². The van der Waals surface area contributed by atoms with E-state index in [1.807, 2.05) is 5.38 Å². The number of carboxylic acid groups (broad SMARTS) is 1. The Kier molecular flexibility index (Phi) is 3.92. The fraction of sp³-hybridized carbons (Fsp3) is 0.533. The highest BCUT2D eigenvalue weighted by atomic mass is 32.1. The first-order chi connectivity index (χ1) is 9.61. The number of aliphatic hydroxyl groups is 1. The van der Waals surface area contributed by atoms with Crippen LogP contribution in [0, 0.1) is 0 Å². The molecule has 1 aromatic rings. The first-order valence-corrected chi connectivity index (χ1v) is 7.92. The van der Waals surface area contributed by atoms with Crippen molar-refractivity contribution in [2.75, 3.05) is 0 Å². The Morgan fingerprint density at radius 1 is 1.40 bits per heavy atom. The zero-order chi connectivity index (χ0) is 14.1. The largest absolute Gasteiger partial charge is 0.478 e. The number of hydrogen-bond donors (Lipinski definition) is 2. The van der Waals surface area contributed by atoms with Crippen LogP contribution in [0.4, 0.5) is 0 Å². The Labute approximate surface area is 122 Å². The van der Waals surface area contributed by atoms with Crippen molar-refractivity contribution in [3.05, 3.63) is 28.0 Å². The molecular weight excluding hydrogens is 274 g/mol. The third-order valence-corrected chi connectivity index (χ3v) is 5.23. The topological polar surface area (TPSA) is 60.8 Å². The second-order valence-electron chi connectivity index (χ2n) is 5.70. The molecule has 2 fully saturated rings. The van der Waals surface area contributed by atoms with Crippen LogP contribution in [0.1, 0.15) is 36.1 Å². The van der Waals surface area contributed by atoms with Crippen LogP contribution < -0.4 is 0 Å². The number of rotatable bonds is 4. The van der Waals surface area contributed by atoms with Crippen molar-refractivity contribution >= 4 is 23.4 Å². The molecule has 3 heterocycles. The van der Waals surface area contributed by atoms with Gasteiger partial charge in [0.2, 0.25) is 0 Å². The average Bonchev–Trinajstić information content (AvgIpc) is 2.92. The fourth-order valence-corrected chi connectivity index (χ4v) is 4.28. The van der Waals surface area contributed by atoms with Crippen LogP contribution in [0.2, 0.25) is 0 Å². The molecule has 0 spiro atoms. The lowest BCUT2D eigenvalue weighted by molar-refractivity contribution is -0.131. The number of nitrogens with zero attached hydrogens (tertiary/aromatic N) is 1. The Morgan fingerprint density at radius 2 is 2.10 bits per heavy atom. The third kappa shape index (κ3) is 2.95. The molecule has 2 N–H and O–H groups in total. The lowest BCUT2D eigenvalue weighted by Crippen LogP contribution is -2.43. The molecular formula is C15H19NO3S. The zero-order valence-electron chi connectivity index (χ0n) is 11.2. The van der Waals surface area contributed by atoms with Gasteiger partial charge in [-0.3, -0.25) is 4.90 Å². The van der Waals surface area contributed by atoms with E-state index >= 15 is 0 Å². The summed E-state index contributed by atoms with van der Waals surface area (Å²) in [5.41, 5.74) is 0.955. The van der Waals surface area contributed by atoms with Gasteiger partial charge in [0.1, 0.15) is 0 Å². The summed E-state index contributed by atoms with van der Waals surface area (Å²) in [4.78, 5) is 14.3. The average molecular weight is 293 g/mol. The van der Waals surface area contributed by atoms with Crippen molar-refractivity contribution in [1.29, 1.82) is 0 Å². The van der Waals surface area contributed by atoms with E-state index in [4.69, 9.17) is 5.11 Å². The summed E-state index contributed by atoms with van der Waals surface area (Å²) >= 11 is 1.68. The number of aliphatic hydroxyl groups excluding tert-OH is 1. The summed E-state index contributed by atoms with van der Waals surface area (Å²) in [6.45, 7) is 0.924. The van der Waals surface area contributed by atoms with Gasteiger partial charge in [-0.05, 0) is 48.8 Å². The van der Waals surface area contributed by atoms with Crippen LogP contribution in [0.5, 0.6) is 0 Å². The normalized spacial score (nSPS) is 30.1. The molecule has 2 saturated heterocycles. The summed E-state index contributed by atoms with van der Waals surface area (Å²) < 4.78 is 0. The molecule has 2 unspecified atom stereocenters. The van der Waals surface area contributed by atoms with E-state index in [0.717, 1.165) is 24.9 Å². The van der Waals surface area contributed by atoms with Gasteiger partial charge in [0, 0.05) is 29.6 Å². The number of piperidine rings is 1. The molecule has 108 valence electrons. The molecule has 4 nitrogen and oxygen atoms in total.